The fourth-order valence-electron chi connectivity index (χ4n) is 0.943. The summed E-state index contributed by atoms with van der Waals surface area (Å²) in [5.74, 6) is -0.176. The van der Waals surface area contributed by atoms with E-state index >= 15 is 0 Å². The molecular formula is C10H16FN. The Morgan fingerprint density at radius 1 is 1.42 bits per heavy atom. The highest BCUT2D eigenvalue weighted by Gasteiger charge is 2.01. The molecule has 0 aliphatic heterocycles. The molecule has 1 aromatic rings. The number of halogens is 1. The van der Waals surface area contributed by atoms with Gasteiger partial charge >= 0.3 is 0 Å². The molecule has 0 heterocycles. The summed E-state index contributed by atoms with van der Waals surface area (Å²) in [5, 5.41) is 3.04. The average molecular weight is 169 g/mol. The Morgan fingerprint density at radius 3 is 2.58 bits per heavy atom. The highest BCUT2D eigenvalue weighted by atomic mass is 19.1. The van der Waals surface area contributed by atoms with Crippen molar-refractivity contribution in [2.75, 3.05) is 7.05 Å². The predicted molar refractivity (Wildman–Crippen MR) is 50.6 cm³/mol. The van der Waals surface area contributed by atoms with E-state index in [-0.39, 0.29) is 19.3 Å². The Bertz CT molecular complexity index is 235. The minimum absolute atomic E-state index is 0. The molecule has 1 nitrogen and oxygen atoms in total. The van der Waals surface area contributed by atoms with E-state index in [2.05, 4.69) is 5.32 Å². The third-order valence-corrected chi connectivity index (χ3v) is 1.78. The molecule has 1 N–H and O–H groups in total. The molecule has 0 saturated heterocycles. The number of nitrogens with one attached hydrogen (secondary N) is 1. The Kier molecular flexibility index (Phi) is 4.52. The topological polar surface area (TPSA) is 12.0 Å². The average Bonchev–Trinajstić information content (AvgIpc) is 2.03. The van der Waals surface area contributed by atoms with Gasteiger partial charge < -0.3 is 5.32 Å². The van der Waals surface area contributed by atoms with Gasteiger partial charge in [-0.1, -0.05) is 19.6 Å². The molecule has 0 aromatic heterocycles. The Morgan fingerprint density at radius 2 is 2.08 bits per heavy atom. The van der Waals surface area contributed by atoms with Gasteiger partial charge in [0.2, 0.25) is 0 Å². The van der Waals surface area contributed by atoms with Crippen LogP contribution < -0.4 is 5.32 Å². The molecule has 0 radical (unpaired) electrons. The van der Waals surface area contributed by atoms with E-state index < -0.39 is 0 Å². The van der Waals surface area contributed by atoms with Gasteiger partial charge in [-0.3, -0.25) is 0 Å². The molecule has 2 heteroatoms. The van der Waals surface area contributed by atoms with Crippen molar-refractivity contribution >= 4 is 0 Å². The van der Waals surface area contributed by atoms with Gasteiger partial charge in [-0.15, -0.1) is 0 Å². The first-order valence-corrected chi connectivity index (χ1v) is 3.67. The van der Waals surface area contributed by atoms with Crippen molar-refractivity contribution in [3.8, 4) is 0 Å². The largest absolute Gasteiger partial charge is 0.313 e. The highest BCUT2D eigenvalue weighted by molar-refractivity contribution is 5.19. The van der Waals surface area contributed by atoms with Crippen molar-refractivity contribution in [3.63, 3.8) is 0 Å². The molecule has 0 spiro atoms. The zero-order valence-corrected chi connectivity index (χ0v) is 6.76. The number of hydrogen-bond acceptors (Lipinski definition) is 1. The standard InChI is InChI=1S/C9H12FN.CH4/c1-7(11-2)8-4-3-5-9(10)6-8;/h3-7,11H,1-2H3;1H4. The van der Waals surface area contributed by atoms with E-state index in [9.17, 15) is 4.39 Å². The maximum atomic E-state index is 12.6. The fraction of sp³-hybridized carbons (Fsp3) is 0.400. The van der Waals surface area contributed by atoms with Gasteiger partial charge in [-0.25, -0.2) is 4.39 Å². The number of rotatable bonds is 2. The zero-order chi connectivity index (χ0) is 8.27. The van der Waals surface area contributed by atoms with Crippen LogP contribution in [-0.2, 0) is 0 Å². The molecular weight excluding hydrogens is 153 g/mol. The van der Waals surface area contributed by atoms with Gasteiger partial charge in [0.05, 0.1) is 0 Å². The van der Waals surface area contributed by atoms with Crippen LogP contribution in [0.25, 0.3) is 0 Å². The second-order valence-corrected chi connectivity index (χ2v) is 2.57. The van der Waals surface area contributed by atoms with Crippen molar-refractivity contribution in [1.82, 2.24) is 5.32 Å². The monoisotopic (exact) mass is 169 g/mol. The first-order valence-electron chi connectivity index (χ1n) is 3.67. The number of hydrogen-bond donors (Lipinski definition) is 1. The minimum atomic E-state index is -0.176. The van der Waals surface area contributed by atoms with Crippen LogP contribution >= 0.6 is 0 Å². The van der Waals surface area contributed by atoms with Crippen LogP contribution in [0, 0.1) is 5.82 Å². The van der Waals surface area contributed by atoms with Gasteiger partial charge in [0.15, 0.2) is 0 Å². The van der Waals surface area contributed by atoms with E-state index in [4.69, 9.17) is 0 Å². The molecule has 0 bridgehead atoms. The second-order valence-electron chi connectivity index (χ2n) is 2.57. The molecule has 0 amide bonds. The molecule has 1 aromatic carbocycles. The van der Waals surface area contributed by atoms with Gasteiger partial charge in [-0.05, 0) is 31.7 Å². The third-order valence-electron chi connectivity index (χ3n) is 1.78. The van der Waals surface area contributed by atoms with Crippen LogP contribution in [0.3, 0.4) is 0 Å². The molecule has 0 aliphatic rings. The Labute approximate surface area is 73.6 Å². The lowest BCUT2D eigenvalue weighted by molar-refractivity contribution is 0.608. The molecule has 68 valence electrons. The highest BCUT2D eigenvalue weighted by Crippen LogP contribution is 2.11. The quantitative estimate of drug-likeness (QED) is 0.717. The van der Waals surface area contributed by atoms with Crippen molar-refractivity contribution < 1.29 is 4.39 Å². The van der Waals surface area contributed by atoms with Crippen molar-refractivity contribution in [2.45, 2.75) is 20.4 Å². The first kappa shape index (κ1) is 11.1. The molecule has 1 rings (SSSR count). The van der Waals surface area contributed by atoms with Crippen LogP contribution in [-0.4, -0.2) is 7.05 Å². The zero-order valence-electron chi connectivity index (χ0n) is 6.76. The van der Waals surface area contributed by atoms with E-state index in [0.29, 0.717) is 0 Å². The minimum Gasteiger partial charge on any atom is -0.313 e. The lowest BCUT2D eigenvalue weighted by Crippen LogP contribution is -2.12. The Hall–Kier alpha value is -0.890. The van der Waals surface area contributed by atoms with Crippen LogP contribution in [0.2, 0.25) is 0 Å². The molecule has 12 heavy (non-hydrogen) atoms. The van der Waals surface area contributed by atoms with Crippen molar-refractivity contribution in [2.24, 2.45) is 0 Å². The first-order chi connectivity index (χ1) is 5.24. The maximum absolute atomic E-state index is 12.6. The summed E-state index contributed by atoms with van der Waals surface area (Å²) < 4.78 is 12.6. The molecule has 1 atom stereocenters. The lowest BCUT2D eigenvalue weighted by Gasteiger charge is -2.09. The summed E-state index contributed by atoms with van der Waals surface area (Å²) in [6, 6.07) is 6.83. The maximum Gasteiger partial charge on any atom is 0.123 e. The van der Waals surface area contributed by atoms with Crippen LogP contribution in [0.5, 0.6) is 0 Å². The van der Waals surface area contributed by atoms with Crippen molar-refractivity contribution in [1.29, 1.82) is 0 Å². The van der Waals surface area contributed by atoms with Gasteiger partial charge in [0, 0.05) is 6.04 Å². The van der Waals surface area contributed by atoms with Gasteiger partial charge in [-0.2, -0.15) is 0 Å². The Balaban J connectivity index is 0.00000121. The predicted octanol–water partition coefficient (Wildman–Crippen LogP) is 2.74. The summed E-state index contributed by atoms with van der Waals surface area (Å²) >= 11 is 0. The summed E-state index contributed by atoms with van der Waals surface area (Å²) in [4.78, 5) is 0. The van der Waals surface area contributed by atoms with Crippen LogP contribution in [0.4, 0.5) is 4.39 Å². The summed E-state index contributed by atoms with van der Waals surface area (Å²) in [6.45, 7) is 1.99. The second kappa shape index (κ2) is 4.88. The van der Waals surface area contributed by atoms with E-state index in [0.717, 1.165) is 5.56 Å². The summed E-state index contributed by atoms with van der Waals surface area (Å²) in [5.41, 5.74) is 0.979. The smallest absolute Gasteiger partial charge is 0.123 e. The molecule has 0 aliphatic carbocycles. The van der Waals surface area contributed by atoms with Crippen LogP contribution in [0.15, 0.2) is 24.3 Å². The summed E-state index contributed by atoms with van der Waals surface area (Å²) in [6.07, 6.45) is 0. The summed E-state index contributed by atoms with van der Waals surface area (Å²) in [7, 11) is 1.86. The van der Waals surface area contributed by atoms with Crippen LogP contribution in [0.1, 0.15) is 26.0 Å². The normalized spacial score (nSPS) is 11.9. The SMILES string of the molecule is C.CNC(C)c1cccc(F)c1. The lowest BCUT2D eigenvalue weighted by atomic mass is 10.1. The van der Waals surface area contributed by atoms with E-state index in [1.165, 1.54) is 6.07 Å². The van der Waals surface area contributed by atoms with E-state index in [1.54, 1.807) is 12.1 Å². The molecule has 0 saturated carbocycles. The molecule has 1 unspecified atom stereocenters. The number of benzene rings is 1. The fourth-order valence-corrected chi connectivity index (χ4v) is 0.943. The molecule has 0 fully saturated rings. The van der Waals surface area contributed by atoms with E-state index in [1.807, 2.05) is 20.0 Å². The van der Waals surface area contributed by atoms with Gasteiger partial charge in [0.1, 0.15) is 5.82 Å². The van der Waals surface area contributed by atoms with Gasteiger partial charge in [0.25, 0.3) is 0 Å². The third kappa shape index (κ3) is 2.62. The van der Waals surface area contributed by atoms with Crippen molar-refractivity contribution in [3.05, 3.63) is 35.6 Å².